The Morgan fingerprint density at radius 2 is 1.67 bits per heavy atom. The zero-order valence-electron chi connectivity index (χ0n) is 3.76. The van der Waals surface area contributed by atoms with Crippen molar-refractivity contribution < 1.29 is 0 Å². The van der Waals surface area contributed by atoms with Gasteiger partial charge >= 0.3 is 0 Å². The van der Waals surface area contributed by atoms with Gasteiger partial charge in [-0.2, -0.15) is 0 Å². The van der Waals surface area contributed by atoms with E-state index < -0.39 is 0 Å². The maximum atomic E-state index is 5.48. The Morgan fingerprint density at radius 1 is 1.50 bits per heavy atom. The summed E-state index contributed by atoms with van der Waals surface area (Å²) in [7, 11) is 0. The molecule has 0 rings (SSSR count). The van der Waals surface area contributed by atoms with Crippen molar-refractivity contribution in [3.63, 3.8) is 0 Å². The van der Waals surface area contributed by atoms with Crippen molar-refractivity contribution in [1.82, 2.24) is 0 Å². The third-order valence-electron chi connectivity index (χ3n) is 0.475. The van der Waals surface area contributed by atoms with E-state index in [-0.39, 0.29) is 0 Å². The van der Waals surface area contributed by atoms with E-state index in [1.165, 1.54) is 0 Å². The summed E-state index contributed by atoms with van der Waals surface area (Å²) in [6.45, 7) is 3.85. The molecule has 0 aliphatic rings. The maximum Gasteiger partial charge on any atom is 0.0239 e. The van der Waals surface area contributed by atoms with Gasteiger partial charge in [0, 0.05) is 8.61 Å². The highest BCUT2D eigenvalue weighted by molar-refractivity contribution is 14.1. The highest BCUT2D eigenvalue weighted by Gasteiger charge is 1.80. The number of hydrogen-bond donors (Lipinski definition) is 0. The summed E-state index contributed by atoms with van der Waals surface area (Å²) >= 11 is 7.66. The molecule has 0 aliphatic heterocycles. The van der Waals surface area contributed by atoms with Gasteiger partial charge in [0.25, 0.3) is 0 Å². The van der Waals surface area contributed by atoms with Crippen molar-refractivity contribution in [2.45, 2.75) is 13.8 Å². The second-order valence-electron chi connectivity index (χ2n) is 1.07. The Kier molecular flexibility index (Phi) is 3.22. The van der Waals surface area contributed by atoms with E-state index in [9.17, 15) is 0 Å². The normalized spacial score (nSPS) is 14.0. The Bertz CT molecular complexity index is 57.6. The Labute approximate surface area is 56.7 Å². The van der Waals surface area contributed by atoms with E-state index in [4.69, 9.17) is 11.6 Å². The van der Waals surface area contributed by atoms with Crippen LogP contribution in [0.3, 0.4) is 0 Å². The van der Waals surface area contributed by atoms with Gasteiger partial charge in [0.05, 0.1) is 0 Å². The molecule has 36 valence electrons. The summed E-state index contributed by atoms with van der Waals surface area (Å²) in [5.41, 5.74) is 0. The van der Waals surface area contributed by atoms with Crippen molar-refractivity contribution in [2.24, 2.45) is 0 Å². The van der Waals surface area contributed by atoms with Crippen LogP contribution in [0.5, 0.6) is 0 Å². The van der Waals surface area contributed by atoms with Crippen LogP contribution in [0.25, 0.3) is 0 Å². The standard InChI is InChI=1S/C4H6ClI/c1-3(5)4(2)6/h1-2H3/b4-3+. The maximum absolute atomic E-state index is 5.48. The zero-order valence-corrected chi connectivity index (χ0v) is 6.67. The van der Waals surface area contributed by atoms with Gasteiger partial charge in [-0.15, -0.1) is 0 Å². The fourth-order valence-electron chi connectivity index (χ4n) is 0. The second-order valence-corrected chi connectivity index (χ2v) is 3.25. The molecule has 2 heteroatoms. The molecule has 0 saturated heterocycles. The number of allylic oxidation sites excluding steroid dienone is 2. The zero-order chi connectivity index (χ0) is 5.15. The van der Waals surface area contributed by atoms with Gasteiger partial charge in [0.2, 0.25) is 0 Å². The Hall–Kier alpha value is 0.760. The topological polar surface area (TPSA) is 0 Å². The summed E-state index contributed by atoms with van der Waals surface area (Å²) in [6.07, 6.45) is 0. The highest BCUT2D eigenvalue weighted by atomic mass is 127. The van der Waals surface area contributed by atoms with E-state index in [0.717, 1.165) is 8.61 Å². The number of rotatable bonds is 0. The summed E-state index contributed by atoms with van der Waals surface area (Å²) in [4.78, 5) is 0. The molecule has 0 atom stereocenters. The third-order valence-corrected chi connectivity index (χ3v) is 1.89. The summed E-state index contributed by atoms with van der Waals surface area (Å²) in [6, 6.07) is 0. The molecule has 0 aromatic heterocycles. The molecule has 0 spiro atoms. The first-order valence-electron chi connectivity index (χ1n) is 1.63. The molecule has 0 aromatic rings. The van der Waals surface area contributed by atoms with E-state index in [1.807, 2.05) is 13.8 Å². The highest BCUT2D eigenvalue weighted by Crippen LogP contribution is 2.13. The number of hydrogen-bond acceptors (Lipinski definition) is 0. The van der Waals surface area contributed by atoms with Crippen molar-refractivity contribution in [3.8, 4) is 0 Å². The Morgan fingerprint density at radius 3 is 1.67 bits per heavy atom. The van der Waals surface area contributed by atoms with Crippen molar-refractivity contribution in [1.29, 1.82) is 0 Å². The van der Waals surface area contributed by atoms with E-state index in [1.54, 1.807) is 0 Å². The second kappa shape index (κ2) is 2.86. The fraction of sp³-hybridized carbons (Fsp3) is 0.500. The molecule has 0 aliphatic carbocycles. The van der Waals surface area contributed by atoms with Gasteiger partial charge in [-0.1, -0.05) is 11.6 Å². The van der Waals surface area contributed by atoms with Crippen LogP contribution < -0.4 is 0 Å². The van der Waals surface area contributed by atoms with Crippen LogP contribution in [0.1, 0.15) is 13.8 Å². The molecular formula is C4H6ClI. The van der Waals surface area contributed by atoms with Crippen LogP contribution in [0, 0.1) is 0 Å². The first kappa shape index (κ1) is 6.76. The molecule has 0 amide bonds. The van der Waals surface area contributed by atoms with Crippen LogP contribution in [0.4, 0.5) is 0 Å². The molecule has 0 radical (unpaired) electrons. The first-order chi connectivity index (χ1) is 2.64. The molecular weight excluding hydrogens is 210 g/mol. The van der Waals surface area contributed by atoms with E-state index in [0.29, 0.717) is 0 Å². The van der Waals surface area contributed by atoms with Gasteiger partial charge in [-0.25, -0.2) is 0 Å². The van der Waals surface area contributed by atoms with Gasteiger partial charge in [0.1, 0.15) is 0 Å². The van der Waals surface area contributed by atoms with Crippen molar-refractivity contribution in [2.75, 3.05) is 0 Å². The lowest BCUT2D eigenvalue weighted by molar-refractivity contribution is 1.57. The van der Waals surface area contributed by atoms with E-state index >= 15 is 0 Å². The molecule has 0 saturated carbocycles. The minimum Gasteiger partial charge on any atom is -0.0887 e. The van der Waals surface area contributed by atoms with Gasteiger partial charge in [0.15, 0.2) is 0 Å². The predicted octanol–water partition coefficient (Wildman–Crippen LogP) is 2.91. The average Bonchev–Trinajstić information content (AvgIpc) is 1.36. The summed E-state index contributed by atoms with van der Waals surface area (Å²) in [5.74, 6) is 0. The lowest BCUT2D eigenvalue weighted by Gasteiger charge is -1.82. The van der Waals surface area contributed by atoms with Crippen LogP contribution >= 0.6 is 34.2 Å². The smallest absolute Gasteiger partial charge is 0.0239 e. The van der Waals surface area contributed by atoms with Crippen molar-refractivity contribution in [3.05, 3.63) is 8.61 Å². The monoisotopic (exact) mass is 216 g/mol. The predicted molar refractivity (Wildman–Crippen MR) is 38.2 cm³/mol. The van der Waals surface area contributed by atoms with E-state index in [2.05, 4.69) is 22.6 Å². The summed E-state index contributed by atoms with van der Waals surface area (Å²) < 4.78 is 1.16. The molecule has 6 heavy (non-hydrogen) atoms. The van der Waals surface area contributed by atoms with Crippen LogP contribution in [0.15, 0.2) is 8.61 Å². The number of halogens is 2. The Balaban J connectivity index is 3.68. The fourth-order valence-corrected chi connectivity index (χ4v) is 0. The van der Waals surface area contributed by atoms with Gasteiger partial charge in [-0.05, 0) is 36.4 Å². The van der Waals surface area contributed by atoms with Gasteiger partial charge in [-0.3, -0.25) is 0 Å². The first-order valence-corrected chi connectivity index (χ1v) is 3.08. The lowest BCUT2D eigenvalue weighted by atomic mass is 10.6. The molecule has 0 bridgehead atoms. The minimum atomic E-state index is 0.885. The quantitative estimate of drug-likeness (QED) is 0.546. The third kappa shape index (κ3) is 2.97. The average molecular weight is 216 g/mol. The SMILES string of the molecule is C/C(Cl)=C(/C)I. The molecule has 0 aromatic carbocycles. The summed E-state index contributed by atoms with van der Waals surface area (Å²) in [5, 5.41) is 0.885. The minimum absolute atomic E-state index is 0.885. The van der Waals surface area contributed by atoms with Gasteiger partial charge < -0.3 is 0 Å². The molecule has 0 nitrogen and oxygen atoms in total. The van der Waals surface area contributed by atoms with Crippen LogP contribution in [-0.2, 0) is 0 Å². The van der Waals surface area contributed by atoms with Crippen LogP contribution in [0.2, 0.25) is 0 Å². The lowest BCUT2D eigenvalue weighted by Crippen LogP contribution is -1.56. The molecule has 0 fully saturated rings. The molecule has 0 N–H and O–H groups in total. The van der Waals surface area contributed by atoms with Crippen LogP contribution in [-0.4, -0.2) is 0 Å². The largest absolute Gasteiger partial charge is 0.0887 e. The molecule has 0 unspecified atom stereocenters. The molecule has 0 heterocycles. The van der Waals surface area contributed by atoms with Crippen molar-refractivity contribution >= 4 is 34.2 Å².